The van der Waals surface area contributed by atoms with E-state index in [4.69, 9.17) is 10.7 Å². The fraction of sp³-hybridized carbons (Fsp3) is 0.200. The van der Waals surface area contributed by atoms with Crippen LogP contribution in [-0.2, 0) is 0 Å². The van der Waals surface area contributed by atoms with E-state index in [0.717, 1.165) is 31.8 Å². The minimum absolute atomic E-state index is 0.163. The molecule has 0 fully saturated rings. The summed E-state index contributed by atoms with van der Waals surface area (Å²) >= 11 is 3.29. The molecule has 102 valence electrons. The van der Waals surface area contributed by atoms with Gasteiger partial charge >= 0.3 is 0 Å². The van der Waals surface area contributed by atoms with Crippen LogP contribution in [0, 0.1) is 13.8 Å². The van der Waals surface area contributed by atoms with Gasteiger partial charge in [-0.15, -0.1) is 22.7 Å². The first-order valence-electron chi connectivity index (χ1n) is 6.35. The van der Waals surface area contributed by atoms with Gasteiger partial charge in [0.1, 0.15) is 5.01 Å². The van der Waals surface area contributed by atoms with Crippen LogP contribution in [0.3, 0.4) is 0 Å². The maximum absolute atomic E-state index is 6.29. The van der Waals surface area contributed by atoms with Crippen molar-refractivity contribution in [1.82, 2.24) is 9.97 Å². The molecular weight excluding hydrogens is 286 g/mol. The SMILES string of the molecule is Cc1nc(C)c(-c2csc(C(N)c3ccccc3)n2)s1. The maximum atomic E-state index is 6.29. The van der Waals surface area contributed by atoms with Gasteiger partial charge in [-0.1, -0.05) is 30.3 Å². The first kappa shape index (κ1) is 13.4. The van der Waals surface area contributed by atoms with E-state index < -0.39 is 0 Å². The largest absolute Gasteiger partial charge is 0.318 e. The van der Waals surface area contributed by atoms with Crippen LogP contribution in [0.5, 0.6) is 0 Å². The molecule has 0 aliphatic heterocycles. The molecule has 20 heavy (non-hydrogen) atoms. The highest BCUT2D eigenvalue weighted by Crippen LogP contribution is 2.32. The van der Waals surface area contributed by atoms with Crippen LogP contribution < -0.4 is 5.73 Å². The van der Waals surface area contributed by atoms with E-state index in [-0.39, 0.29) is 6.04 Å². The Morgan fingerprint density at radius 3 is 2.50 bits per heavy atom. The predicted octanol–water partition coefficient (Wildman–Crippen LogP) is 3.93. The molecule has 3 aromatic rings. The van der Waals surface area contributed by atoms with Gasteiger partial charge in [0.15, 0.2) is 0 Å². The maximum Gasteiger partial charge on any atom is 0.115 e. The molecule has 0 aliphatic carbocycles. The molecule has 1 unspecified atom stereocenters. The number of nitrogens with two attached hydrogens (primary N) is 1. The Balaban J connectivity index is 1.93. The van der Waals surface area contributed by atoms with Crippen molar-refractivity contribution in [2.24, 2.45) is 5.73 Å². The van der Waals surface area contributed by atoms with E-state index in [1.165, 1.54) is 0 Å². The molecule has 0 saturated carbocycles. The van der Waals surface area contributed by atoms with Crippen molar-refractivity contribution in [2.75, 3.05) is 0 Å². The minimum Gasteiger partial charge on any atom is -0.318 e. The summed E-state index contributed by atoms with van der Waals surface area (Å²) in [5.74, 6) is 0. The summed E-state index contributed by atoms with van der Waals surface area (Å²) < 4.78 is 0. The summed E-state index contributed by atoms with van der Waals surface area (Å²) in [5, 5.41) is 4.08. The summed E-state index contributed by atoms with van der Waals surface area (Å²) in [5.41, 5.74) is 9.40. The molecule has 0 amide bonds. The third-order valence-corrected chi connectivity index (χ3v) is 5.11. The Labute approximate surface area is 126 Å². The lowest BCUT2D eigenvalue weighted by atomic mass is 10.1. The topological polar surface area (TPSA) is 51.8 Å². The van der Waals surface area contributed by atoms with Crippen LogP contribution >= 0.6 is 22.7 Å². The number of rotatable bonds is 3. The summed E-state index contributed by atoms with van der Waals surface area (Å²) in [6.45, 7) is 4.04. The van der Waals surface area contributed by atoms with Crippen LogP contribution in [0.4, 0.5) is 0 Å². The third-order valence-electron chi connectivity index (χ3n) is 3.08. The minimum atomic E-state index is -0.163. The Bertz CT molecular complexity index is 716. The highest BCUT2D eigenvalue weighted by molar-refractivity contribution is 7.16. The molecule has 0 saturated heterocycles. The fourth-order valence-electron chi connectivity index (χ4n) is 2.11. The Morgan fingerprint density at radius 2 is 1.85 bits per heavy atom. The lowest BCUT2D eigenvalue weighted by Gasteiger charge is -2.07. The normalized spacial score (nSPS) is 12.6. The van der Waals surface area contributed by atoms with Gasteiger partial charge in [0.05, 0.1) is 27.3 Å². The van der Waals surface area contributed by atoms with E-state index >= 15 is 0 Å². The van der Waals surface area contributed by atoms with Crippen LogP contribution in [0.2, 0.25) is 0 Å². The summed E-state index contributed by atoms with van der Waals surface area (Å²) in [6, 6.07) is 9.90. The highest BCUT2D eigenvalue weighted by atomic mass is 32.1. The van der Waals surface area contributed by atoms with Crippen molar-refractivity contribution >= 4 is 22.7 Å². The molecule has 2 N–H and O–H groups in total. The van der Waals surface area contributed by atoms with Gasteiger partial charge in [-0.3, -0.25) is 0 Å². The van der Waals surface area contributed by atoms with Gasteiger partial charge in [-0.25, -0.2) is 9.97 Å². The molecule has 2 aromatic heterocycles. The second-order valence-corrected chi connectivity index (χ2v) is 6.70. The van der Waals surface area contributed by atoms with E-state index in [1.807, 2.05) is 44.2 Å². The molecule has 0 bridgehead atoms. The number of nitrogens with zero attached hydrogens (tertiary/aromatic N) is 2. The molecule has 3 rings (SSSR count). The fourth-order valence-corrected chi connectivity index (χ4v) is 3.90. The molecule has 1 atom stereocenters. The Kier molecular flexibility index (Phi) is 3.65. The molecule has 2 heterocycles. The molecule has 0 aliphatic rings. The zero-order valence-corrected chi connectivity index (χ0v) is 13.0. The smallest absolute Gasteiger partial charge is 0.115 e. The third kappa shape index (κ3) is 2.52. The summed E-state index contributed by atoms with van der Waals surface area (Å²) in [6.07, 6.45) is 0. The van der Waals surface area contributed by atoms with Gasteiger partial charge in [0, 0.05) is 5.38 Å². The average Bonchev–Trinajstić information content (AvgIpc) is 3.05. The Hall–Kier alpha value is -1.56. The highest BCUT2D eigenvalue weighted by Gasteiger charge is 2.16. The molecule has 5 heteroatoms. The number of aromatic nitrogens is 2. The molecule has 0 spiro atoms. The van der Waals surface area contributed by atoms with Crippen LogP contribution in [0.15, 0.2) is 35.7 Å². The van der Waals surface area contributed by atoms with E-state index in [9.17, 15) is 0 Å². The first-order chi connectivity index (χ1) is 9.65. The number of aryl methyl sites for hydroxylation is 2. The zero-order chi connectivity index (χ0) is 14.1. The molecule has 0 radical (unpaired) electrons. The second kappa shape index (κ2) is 5.44. The predicted molar refractivity (Wildman–Crippen MR) is 85.2 cm³/mol. The first-order valence-corrected chi connectivity index (χ1v) is 8.05. The van der Waals surface area contributed by atoms with Crippen LogP contribution in [-0.4, -0.2) is 9.97 Å². The monoisotopic (exact) mass is 301 g/mol. The van der Waals surface area contributed by atoms with Crippen molar-refractivity contribution in [3.8, 4) is 10.6 Å². The van der Waals surface area contributed by atoms with E-state index in [0.29, 0.717) is 0 Å². The lowest BCUT2D eigenvalue weighted by molar-refractivity contribution is 0.859. The van der Waals surface area contributed by atoms with Crippen molar-refractivity contribution in [1.29, 1.82) is 0 Å². The molecule has 1 aromatic carbocycles. The number of benzene rings is 1. The van der Waals surface area contributed by atoms with Crippen molar-refractivity contribution in [3.63, 3.8) is 0 Å². The van der Waals surface area contributed by atoms with Gasteiger partial charge in [-0.05, 0) is 19.4 Å². The second-order valence-electron chi connectivity index (χ2n) is 4.61. The van der Waals surface area contributed by atoms with Gasteiger partial charge < -0.3 is 5.73 Å². The quantitative estimate of drug-likeness (QED) is 0.797. The van der Waals surface area contributed by atoms with Gasteiger partial charge in [0.2, 0.25) is 0 Å². The van der Waals surface area contributed by atoms with E-state index in [2.05, 4.69) is 10.4 Å². The van der Waals surface area contributed by atoms with Crippen molar-refractivity contribution in [2.45, 2.75) is 19.9 Å². The van der Waals surface area contributed by atoms with Crippen molar-refractivity contribution in [3.05, 3.63) is 57.0 Å². The number of hydrogen-bond donors (Lipinski definition) is 1. The molecule has 3 nitrogen and oxygen atoms in total. The van der Waals surface area contributed by atoms with Crippen molar-refractivity contribution < 1.29 is 0 Å². The van der Waals surface area contributed by atoms with E-state index in [1.54, 1.807) is 22.7 Å². The average molecular weight is 301 g/mol. The molecular formula is C15H15N3S2. The standard InChI is InChI=1S/C15H15N3S2/c1-9-14(20-10(2)17-9)12-8-19-15(18-12)13(16)11-6-4-3-5-7-11/h3-8,13H,16H2,1-2H3. The lowest BCUT2D eigenvalue weighted by Crippen LogP contribution is -2.11. The summed E-state index contributed by atoms with van der Waals surface area (Å²) in [7, 11) is 0. The van der Waals surface area contributed by atoms with Crippen LogP contribution in [0.25, 0.3) is 10.6 Å². The number of thiazole rings is 2. The number of hydrogen-bond acceptors (Lipinski definition) is 5. The van der Waals surface area contributed by atoms with Gasteiger partial charge in [0.25, 0.3) is 0 Å². The summed E-state index contributed by atoms with van der Waals surface area (Å²) in [4.78, 5) is 10.3. The Morgan fingerprint density at radius 1 is 1.10 bits per heavy atom. The zero-order valence-electron chi connectivity index (χ0n) is 11.3. The van der Waals surface area contributed by atoms with Crippen LogP contribution in [0.1, 0.15) is 27.3 Å². The van der Waals surface area contributed by atoms with Gasteiger partial charge in [-0.2, -0.15) is 0 Å².